The van der Waals surface area contributed by atoms with Crippen molar-refractivity contribution in [3.63, 3.8) is 0 Å². The number of carbonyl (C=O) groups excluding carboxylic acids is 2. The molecule has 0 N–H and O–H groups in total. The Morgan fingerprint density at radius 2 is 1.33 bits per heavy atom. The molecule has 3 aliphatic rings. The van der Waals surface area contributed by atoms with Crippen LogP contribution in [0.3, 0.4) is 0 Å². The van der Waals surface area contributed by atoms with Gasteiger partial charge in [0.05, 0.1) is 12.0 Å². The van der Waals surface area contributed by atoms with E-state index in [1.165, 1.54) is 0 Å². The smallest absolute Gasteiger partial charge is 0.309 e. The van der Waals surface area contributed by atoms with Crippen LogP contribution in [0.1, 0.15) is 71.1 Å². The summed E-state index contributed by atoms with van der Waals surface area (Å²) >= 11 is 0. The lowest BCUT2D eigenvalue weighted by molar-refractivity contribution is -0.159. The summed E-state index contributed by atoms with van der Waals surface area (Å²) in [5, 5.41) is 0. The Hall–Kier alpha value is -0.900. The summed E-state index contributed by atoms with van der Waals surface area (Å²) in [5.74, 6) is 2.04. The quantitative estimate of drug-likeness (QED) is 0.731. The topological polar surface area (TPSA) is 52.6 Å². The van der Waals surface area contributed by atoms with Crippen LogP contribution in [0.2, 0.25) is 0 Å². The maximum atomic E-state index is 12.5. The van der Waals surface area contributed by atoms with Gasteiger partial charge in [0.25, 0.3) is 0 Å². The molecular weight excluding hydrogens is 304 g/mol. The van der Waals surface area contributed by atoms with Gasteiger partial charge >= 0.3 is 5.97 Å². The molecule has 4 heteroatoms. The third kappa shape index (κ3) is 4.19. The van der Waals surface area contributed by atoms with Crippen LogP contribution in [0.25, 0.3) is 0 Å². The Balaban J connectivity index is 1.45. The number of rotatable bonds is 4. The fraction of sp³-hybridized carbons (Fsp3) is 0.900. The highest BCUT2D eigenvalue weighted by molar-refractivity contribution is 5.78. The van der Waals surface area contributed by atoms with Gasteiger partial charge in [-0.1, -0.05) is 0 Å². The molecule has 3 saturated carbocycles. The van der Waals surface area contributed by atoms with Gasteiger partial charge in [0.2, 0.25) is 0 Å². The van der Waals surface area contributed by atoms with Crippen molar-refractivity contribution in [3.05, 3.63) is 0 Å². The van der Waals surface area contributed by atoms with E-state index in [-0.39, 0.29) is 23.9 Å². The number of hydrogen-bond acceptors (Lipinski definition) is 4. The van der Waals surface area contributed by atoms with E-state index < -0.39 is 0 Å². The minimum Gasteiger partial charge on any atom is -0.462 e. The van der Waals surface area contributed by atoms with E-state index in [2.05, 4.69) is 0 Å². The number of hydrogen-bond donors (Lipinski definition) is 0. The maximum Gasteiger partial charge on any atom is 0.309 e. The summed E-state index contributed by atoms with van der Waals surface area (Å²) in [7, 11) is 1.75. The minimum atomic E-state index is 0.0189. The lowest BCUT2D eigenvalue weighted by Gasteiger charge is -2.41. The van der Waals surface area contributed by atoms with E-state index in [1.54, 1.807) is 14.0 Å². The summed E-state index contributed by atoms with van der Waals surface area (Å²) in [5.41, 5.74) is 0. The normalized spacial score (nSPS) is 39.8. The second-order valence-electron chi connectivity index (χ2n) is 8.22. The van der Waals surface area contributed by atoms with E-state index in [0.29, 0.717) is 23.7 Å². The van der Waals surface area contributed by atoms with Crippen LogP contribution in [0.5, 0.6) is 0 Å². The van der Waals surface area contributed by atoms with Crippen molar-refractivity contribution in [1.29, 1.82) is 0 Å². The van der Waals surface area contributed by atoms with E-state index in [1.807, 2.05) is 0 Å². The van der Waals surface area contributed by atoms with Crippen molar-refractivity contribution >= 4 is 11.8 Å². The first-order chi connectivity index (χ1) is 11.6. The van der Waals surface area contributed by atoms with Gasteiger partial charge < -0.3 is 9.47 Å². The lowest BCUT2D eigenvalue weighted by atomic mass is 9.66. The fourth-order valence-corrected chi connectivity index (χ4v) is 5.12. The van der Waals surface area contributed by atoms with Gasteiger partial charge in [0.1, 0.15) is 11.9 Å². The van der Waals surface area contributed by atoms with Gasteiger partial charge in [-0.3, -0.25) is 9.59 Å². The van der Waals surface area contributed by atoms with E-state index >= 15 is 0 Å². The zero-order valence-corrected chi connectivity index (χ0v) is 15.2. The van der Waals surface area contributed by atoms with Crippen LogP contribution in [0.4, 0.5) is 0 Å². The average Bonchev–Trinajstić information content (AvgIpc) is 2.61. The summed E-state index contributed by atoms with van der Waals surface area (Å²) < 4.78 is 11.3. The maximum absolute atomic E-state index is 12.5. The van der Waals surface area contributed by atoms with Crippen LogP contribution < -0.4 is 0 Å². The Kier molecular flexibility index (Phi) is 5.96. The molecule has 4 nitrogen and oxygen atoms in total. The highest BCUT2D eigenvalue weighted by Gasteiger charge is 2.38. The van der Waals surface area contributed by atoms with E-state index in [0.717, 1.165) is 64.2 Å². The molecule has 0 aromatic rings. The molecule has 0 aromatic heterocycles. The highest BCUT2D eigenvalue weighted by Crippen LogP contribution is 2.44. The Morgan fingerprint density at radius 3 is 2.00 bits per heavy atom. The monoisotopic (exact) mass is 336 g/mol. The molecule has 0 saturated heterocycles. The first-order valence-corrected chi connectivity index (χ1v) is 9.80. The minimum absolute atomic E-state index is 0.0189. The molecular formula is C20H32O4. The van der Waals surface area contributed by atoms with Crippen molar-refractivity contribution in [3.8, 4) is 0 Å². The Labute approximate surface area is 145 Å². The predicted octanol–water partition coefficient (Wildman–Crippen LogP) is 3.91. The summed E-state index contributed by atoms with van der Waals surface area (Å²) in [6, 6.07) is 0. The molecule has 0 spiro atoms. The second kappa shape index (κ2) is 7.99. The van der Waals surface area contributed by atoms with Gasteiger partial charge in [-0.05, 0) is 83.0 Å². The standard InChI is InChI=1S/C20H32O4/c1-13(21)15-3-4-17-12-19(10-7-16(17)11-15)24-20(22)14-5-8-18(23-2)9-6-14/h14-19H,3-12H2,1-2H3. The number of methoxy groups -OCH3 is 1. The molecule has 3 fully saturated rings. The van der Waals surface area contributed by atoms with E-state index in [4.69, 9.17) is 9.47 Å². The predicted molar refractivity (Wildman–Crippen MR) is 91.5 cm³/mol. The number of Topliss-reactive ketones (excluding diaryl/α,β-unsaturated/α-hetero) is 1. The molecule has 3 aliphatic carbocycles. The highest BCUT2D eigenvalue weighted by atomic mass is 16.5. The Bertz CT molecular complexity index is 453. The molecule has 136 valence electrons. The zero-order valence-electron chi connectivity index (χ0n) is 15.2. The van der Waals surface area contributed by atoms with Crippen molar-refractivity contribution in [2.24, 2.45) is 23.7 Å². The largest absolute Gasteiger partial charge is 0.462 e. The molecule has 0 radical (unpaired) electrons. The van der Waals surface area contributed by atoms with Crippen LogP contribution in [0.15, 0.2) is 0 Å². The SMILES string of the molecule is COC1CCC(C(=O)OC2CCC3CC(C(C)=O)CCC3C2)CC1. The molecule has 0 heterocycles. The number of fused-ring (bicyclic) bond motifs is 1. The van der Waals surface area contributed by atoms with Crippen LogP contribution in [-0.4, -0.2) is 31.1 Å². The van der Waals surface area contributed by atoms with Crippen molar-refractivity contribution in [1.82, 2.24) is 0 Å². The molecule has 0 bridgehead atoms. The van der Waals surface area contributed by atoms with Gasteiger partial charge in [0.15, 0.2) is 0 Å². The summed E-state index contributed by atoms with van der Waals surface area (Å²) in [6.07, 6.45) is 10.5. The number of carbonyl (C=O) groups is 2. The Morgan fingerprint density at radius 1 is 0.750 bits per heavy atom. The second-order valence-corrected chi connectivity index (χ2v) is 8.22. The molecule has 4 unspecified atom stereocenters. The molecule has 3 rings (SSSR count). The van der Waals surface area contributed by atoms with Crippen molar-refractivity contribution in [2.45, 2.75) is 83.3 Å². The van der Waals surface area contributed by atoms with Crippen molar-refractivity contribution in [2.75, 3.05) is 7.11 Å². The molecule has 0 aliphatic heterocycles. The molecule has 4 atom stereocenters. The fourth-order valence-electron chi connectivity index (χ4n) is 5.12. The van der Waals surface area contributed by atoms with Crippen LogP contribution in [0, 0.1) is 23.7 Å². The first-order valence-electron chi connectivity index (χ1n) is 9.80. The van der Waals surface area contributed by atoms with Gasteiger partial charge in [0, 0.05) is 13.0 Å². The van der Waals surface area contributed by atoms with Gasteiger partial charge in [-0.15, -0.1) is 0 Å². The number of ketones is 1. The van der Waals surface area contributed by atoms with Crippen LogP contribution in [-0.2, 0) is 19.1 Å². The average molecular weight is 336 g/mol. The molecule has 0 amide bonds. The van der Waals surface area contributed by atoms with Gasteiger partial charge in [-0.2, -0.15) is 0 Å². The van der Waals surface area contributed by atoms with Gasteiger partial charge in [-0.25, -0.2) is 0 Å². The third-order valence-corrected chi connectivity index (χ3v) is 6.76. The van der Waals surface area contributed by atoms with Crippen LogP contribution >= 0.6 is 0 Å². The summed E-state index contributed by atoms with van der Waals surface area (Å²) in [4.78, 5) is 24.1. The molecule has 24 heavy (non-hydrogen) atoms. The first kappa shape index (κ1) is 17.9. The molecule has 0 aromatic carbocycles. The number of ether oxygens (including phenoxy) is 2. The van der Waals surface area contributed by atoms with Crippen molar-refractivity contribution < 1.29 is 19.1 Å². The number of esters is 1. The van der Waals surface area contributed by atoms with E-state index in [9.17, 15) is 9.59 Å². The summed E-state index contributed by atoms with van der Waals surface area (Å²) in [6.45, 7) is 1.73. The lowest BCUT2D eigenvalue weighted by Crippen LogP contribution is -2.37. The zero-order chi connectivity index (χ0) is 17.1. The third-order valence-electron chi connectivity index (χ3n) is 6.76.